The number of aromatic nitrogens is 1. The van der Waals surface area contributed by atoms with Gasteiger partial charge in [-0.05, 0) is 68.5 Å². The third-order valence-corrected chi connectivity index (χ3v) is 5.25. The van der Waals surface area contributed by atoms with E-state index in [1.54, 1.807) is 0 Å². The standard InChI is InChI=1S/C25H31N/c1-6-7-9-17(2)13-21-10-8-11-23-25(21)20(5)16-24(26-23)22-14-18(3)12-19(4)15-22/h8,10-12,14-17H,6-7,9,13H2,1-5H3. The van der Waals surface area contributed by atoms with Crippen LogP contribution in [0.15, 0.2) is 42.5 Å². The molecule has 0 aliphatic carbocycles. The van der Waals surface area contributed by atoms with Gasteiger partial charge < -0.3 is 0 Å². The molecule has 0 radical (unpaired) electrons. The first-order valence-corrected chi connectivity index (χ1v) is 9.96. The first kappa shape index (κ1) is 18.6. The van der Waals surface area contributed by atoms with Crippen LogP contribution in [0.2, 0.25) is 0 Å². The third kappa shape index (κ3) is 4.15. The maximum absolute atomic E-state index is 5.02. The summed E-state index contributed by atoms with van der Waals surface area (Å²) < 4.78 is 0. The molecule has 1 heteroatoms. The molecule has 3 rings (SSSR count). The fourth-order valence-electron chi connectivity index (χ4n) is 4.04. The van der Waals surface area contributed by atoms with Gasteiger partial charge in [0.1, 0.15) is 0 Å². The maximum Gasteiger partial charge on any atom is 0.0714 e. The van der Waals surface area contributed by atoms with E-state index >= 15 is 0 Å². The molecule has 0 aliphatic heterocycles. The summed E-state index contributed by atoms with van der Waals surface area (Å²) >= 11 is 0. The molecular weight excluding hydrogens is 314 g/mol. The highest BCUT2D eigenvalue weighted by Gasteiger charge is 2.12. The van der Waals surface area contributed by atoms with Crippen molar-refractivity contribution < 1.29 is 0 Å². The van der Waals surface area contributed by atoms with Crippen LogP contribution in [0, 0.1) is 26.7 Å². The molecule has 0 amide bonds. The molecule has 0 bridgehead atoms. The zero-order valence-electron chi connectivity index (χ0n) is 16.9. The number of hydrogen-bond donors (Lipinski definition) is 0. The van der Waals surface area contributed by atoms with E-state index in [9.17, 15) is 0 Å². The number of pyridine rings is 1. The van der Waals surface area contributed by atoms with Crippen molar-refractivity contribution >= 4 is 10.9 Å². The molecule has 1 aromatic heterocycles. The van der Waals surface area contributed by atoms with Crippen LogP contribution in [0.5, 0.6) is 0 Å². The minimum atomic E-state index is 0.721. The van der Waals surface area contributed by atoms with Gasteiger partial charge in [-0.2, -0.15) is 0 Å². The Morgan fingerprint density at radius 2 is 1.69 bits per heavy atom. The van der Waals surface area contributed by atoms with E-state index in [2.05, 4.69) is 77.1 Å². The molecule has 0 saturated carbocycles. The Hall–Kier alpha value is -2.15. The lowest BCUT2D eigenvalue weighted by Gasteiger charge is -2.15. The van der Waals surface area contributed by atoms with E-state index in [1.807, 2.05) is 0 Å². The number of hydrogen-bond acceptors (Lipinski definition) is 1. The van der Waals surface area contributed by atoms with Crippen molar-refractivity contribution in [2.75, 3.05) is 0 Å². The molecule has 0 aliphatic rings. The molecule has 0 saturated heterocycles. The SMILES string of the molecule is CCCCC(C)Cc1cccc2nc(-c3cc(C)cc(C)c3)cc(C)c12. The van der Waals surface area contributed by atoms with E-state index in [0.29, 0.717) is 0 Å². The first-order chi connectivity index (χ1) is 12.5. The van der Waals surface area contributed by atoms with Crippen molar-refractivity contribution in [1.29, 1.82) is 0 Å². The average molecular weight is 346 g/mol. The van der Waals surface area contributed by atoms with Gasteiger partial charge in [0.15, 0.2) is 0 Å². The second-order valence-corrected chi connectivity index (χ2v) is 7.96. The molecule has 1 unspecified atom stereocenters. The Labute approximate surface area is 158 Å². The van der Waals surface area contributed by atoms with Crippen LogP contribution >= 0.6 is 0 Å². The Kier molecular flexibility index (Phi) is 5.76. The van der Waals surface area contributed by atoms with Crippen molar-refractivity contribution in [3.63, 3.8) is 0 Å². The van der Waals surface area contributed by atoms with E-state index in [4.69, 9.17) is 4.98 Å². The van der Waals surface area contributed by atoms with Gasteiger partial charge in [0, 0.05) is 10.9 Å². The fraction of sp³-hybridized carbons (Fsp3) is 0.400. The van der Waals surface area contributed by atoms with Gasteiger partial charge in [0.25, 0.3) is 0 Å². The average Bonchev–Trinajstić information content (AvgIpc) is 2.59. The molecule has 0 spiro atoms. The number of rotatable bonds is 6. The van der Waals surface area contributed by atoms with Crippen molar-refractivity contribution in [3.05, 3.63) is 64.7 Å². The van der Waals surface area contributed by atoms with E-state index in [1.165, 1.54) is 52.5 Å². The molecular formula is C25H31N. The summed E-state index contributed by atoms with van der Waals surface area (Å²) in [7, 11) is 0. The lowest BCUT2D eigenvalue weighted by atomic mass is 9.92. The van der Waals surface area contributed by atoms with Crippen LogP contribution in [-0.2, 0) is 6.42 Å². The molecule has 26 heavy (non-hydrogen) atoms. The van der Waals surface area contributed by atoms with Gasteiger partial charge in [0.2, 0.25) is 0 Å². The van der Waals surface area contributed by atoms with Gasteiger partial charge in [-0.15, -0.1) is 0 Å². The lowest BCUT2D eigenvalue weighted by Crippen LogP contribution is -2.02. The zero-order valence-corrected chi connectivity index (χ0v) is 16.9. The molecule has 2 aromatic carbocycles. The molecule has 0 N–H and O–H groups in total. The smallest absolute Gasteiger partial charge is 0.0714 e. The molecule has 136 valence electrons. The van der Waals surface area contributed by atoms with Crippen molar-refractivity contribution in [2.45, 2.75) is 60.3 Å². The first-order valence-electron chi connectivity index (χ1n) is 9.96. The minimum absolute atomic E-state index is 0.721. The Balaban J connectivity index is 2.02. The Morgan fingerprint density at radius 3 is 2.38 bits per heavy atom. The summed E-state index contributed by atoms with van der Waals surface area (Å²) in [4.78, 5) is 5.02. The van der Waals surface area contributed by atoms with Crippen LogP contribution < -0.4 is 0 Å². The third-order valence-electron chi connectivity index (χ3n) is 5.25. The molecule has 3 aromatic rings. The number of benzene rings is 2. The highest BCUT2D eigenvalue weighted by molar-refractivity contribution is 5.88. The summed E-state index contributed by atoms with van der Waals surface area (Å²) in [6.45, 7) is 11.2. The van der Waals surface area contributed by atoms with Gasteiger partial charge in [-0.3, -0.25) is 0 Å². The minimum Gasteiger partial charge on any atom is -0.248 e. The quantitative estimate of drug-likeness (QED) is 0.460. The topological polar surface area (TPSA) is 12.9 Å². The van der Waals surface area contributed by atoms with E-state index in [0.717, 1.165) is 23.5 Å². The fourth-order valence-corrected chi connectivity index (χ4v) is 4.04. The second-order valence-electron chi connectivity index (χ2n) is 7.96. The molecule has 1 nitrogen and oxygen atoms in total. The Morgan fingerprint density at radius 1 is 0.962 bits per heavy atom. The zero-order chi connectivity index (χ0) is 18.7. The summed E-state index contributed by atoms with van der Waals surface area (Å²) in [6, 6.07) is 15.6. The summed E-state index contributed by atoms with van der Waals surface area (Å²) in [5.41, 5.74) is 8.79. The second kappa shape index (κ2) is 8.03. The normalized spacial score (nSPS) is 12.5. The predicted molar refractivity (Wildman–Crippen MR) is 114 cm³/mol. The van der Waals surface area contributed by atoms with Crippen LogP contribution in [0.25, 0.3) is 22.2 Å². The van der Waals surface area contributed by atoms with Gasteiger partial charge in [0.05, 0.1) is 11.2 Å². The van der Waals surface area contributed by atoms with Crippen LogP contribution in [0.1, 0.15) is 55.4 Å². The van der Waals surface area contributed by atoms with Crippen molar-refractivity contribution in [3.8, 4) is 11.3 Å². The predicted octanol–water partition coefficient (Wildman–Crippen LogP) is 7.20. The summed E-state index contributed by atoms with van der Waals surface area (Å²) in [5, 5.41) is 1.35. The number of fused-ring (bicyclic) bond motifs is 1. The molecule has 1 atom stereocenters. The number of aryl methyl sites for hydroxylation is 3. The molecule has 0 fully saturated rings. The maximum atomic E-state index is 5.02. The van der Waals surface area contributed by atoms with E-state index < -0.39 is 0 Å². The summed E-state index contributed by atoms with van der Waals surface area (Å²) in [5.74, 6) is 0.721. The monoisotopic (exact) mass is 345 g/mol. The van der Waals surface area contributed by atoms with Crippen LogP contribution in [-0.4, -0.2) is 4.98 Å². The van der Waals surface area contributed by atoms with Crippen LogP contribution in [0.4, 0.5) is 0 Å². The van der Waals surface area contributed by atoms with Gasteiger partial charge >= 0.3 is 0 Å². The van der Waals surface area contributed by atoms with Gasteiger partial charge in [-0.25, -0.2) is 4.98 Å². The summed E-state index contributed by atoms with van der Waals surface area (Å²) in [6.07, 6.45) is 5.04. The molecule has 1 heterocycles. The van der Waals surface area contributed by atoms with E-state index in [-0.39, 0.29) is 0 Å². The Bertz CT molecular complexity index is 887. The number of unbranched alkanes of at least 4 members (excludes halogenated alkanes) is 1. The number of nitrogens with zero attached hydrogens (tertiary/aromatic N) is 1. The van der Waals surface area contributed by atoms with Crippen molar-refractivity contribution in [2.24, 2.45) is 5.92 Å². The van der Waals surface area contributed by atoms with Gasteiger partial charge in [-0.1, -0.05) is 62.4 Å². The highest BCUT2D eigenvalue weighted by atomic mass is 14.7. The lowest BCUT2D eigenvalue weighted by molar-refractivity contribution is 0.505. The van der Waals surface area contributed by atoms with Crippen LogP contribution in [0.3, 0.4) is 0 Å². The highest BCUT2D eigenvalue weighted by Crippen LogP contribution is 2.29. The largest absolute Gasteiger partial charge is 0.248 e. The van der Waals surface area contributed by atoms with Crippen molar-refractivity contribution in [1.82, 2.24) is 4.98 Å².